The van der Waals surface area contributed by atoms with Crippen molar-refractivity contribution in [3.05, 3.63) is 73.1 Å². The summed E-state index contributed by atoms with van der Waals surface area (Å²) in [6.07, 6.45) is 7.30. The molecular formula is C31H37N9. The molecule has 0 spiro atoms. The Labute approximate surface area is 235 Å². The average Bonchev–Trinajstić information content (AvgIpc) is 3.50. The van der Waals surface area contributed by atoms with Gasteiger partial charge in [0, 0.05) is 79.7 Å². The number of hydrogen-bond acceptors (Lipinski definition) is 8. The van der Waals surface area contributed by atoms with Crippen LogP contribution in [-0.2, 0) is 6.42 Å². The Kier molecular flexibility index (Phi) is 7.61. The first-order valence-corrected chi connectivity index (χ1v) is 14.2. The van der Waals surface area contributed by atoms with Gasteiger partial charge in [-0.3, -0.25) is 0 Å². The first-order chi connectivity index (χ1) is 19.6. The van der Waals surface area contributed by atoms with Crippen LogP contribution >= 0.6 is 0 Å². The van der Waals surface area contributed by atoms with Gasteiger partial charge in [-0.25, -0.2) is 19.9 Å². The molecule has 9 nitrogen and oxygen atoms in total. The maximum absolute atomic E-state index is 4.57. The molecule has 40 heavy (non-hydrogen) atoms. The monoisotopic (exact) mass is 535 g/mol. The Morgan fingerprint density at radius 3 is 1.85 bits per heavy atom. The van der Waals surface area contributed by atoms with Gasteiger partial charge in [-0.1, -0.05) is 13.8 Å². The molecule has 2 aromatic carbocycles. The normalized spacial score (nSPS) is 13.9. The minimum absolute atomic E-state index is 0.661. The Hall–Kier alpha value is -4.40. The van der Waals surface area contributed by atoms with E-state index in [0.29, 0.717) is 5.92 Å². The minimum Gasteiger partial charge on any atom is -0.369 e. The van der Waals surface area contributed by atoms with Crippen molar-refractivity contribution in [3.8, 4) is 0 Å². The predicted molar refractivity (Wildman–Crippen MR) is 164 cm³/mol. The number of H-pyrrole nitrogens is 1. The number of hydrogen-bond donors (Lipinski definition) is 3. The fraction of sp³-hybridized carbons (Fsp3) is 0.355. The number of anilines is 4. The van der Waals surface area contributed by atoms with Crippen molar-refractivity contribution >= 4 is 44.8 Å². The molecule has 1 aliphatic rings. The van der Waals surface area contributed by atoms with Gasteiger partial charge in [0.15, 0.2) is 0 Å². The molecule has 0 amide bonds. The number of aromatic nitrogens is 5. The molecule has 5 aromatic rings. The van der Waals surface area contributed by atoms with Crippen molar-refractivity contribution in [1.82, 2.24) is 24.9 Å². The van der Waals surface area contributed by atoms with Crippen LogP contribution in [-0.4, -0.2) is 64.2 Å². The zero-order valence-electron chi connectivity index (χ0n) is 23.3. The zero-order valence-corrected chi connectivity index (χ0v) is 23.3. The summed E-state index contributed by atoms with van der Waals surface area (Å²) < 4.78 is 0. The molecule has 3 aromatic heterocycles. The van der Waals surface area contributed by atoms with Crippen LogP contribution in [0.2, 0.25) is 0 Å². The van der Waals surface area contributed by atoms with E-state index in [1.807, 2.05) is 12.3 Å². The van der Waals surface area contributed by atoms with Crippen molar-refractivity contribution in [1.29, 1.82) is 0 Å². The molecule has 3 N–H and O–H groups in total. The largest absolute Gasteiger partial charge is 0.369 e. The average molecular weight is 536 g/mol. The van der Waals surface area contributed by atoms with Gasteiger partial charge in [-0.15, -0.1) is 0 Å². The first kappa shape index (κ1) is 25.9. The fourth-order valence-electron chi connectivity index (χ4n) is 5.31. The number of rotatable bonds is 10. The van der Waals surface area contributed by atoms with E-state index in [2.05, 4.69) is 102 Å². The molecule has 1 fully saturated rings. The Morgan fingerprint density at radius 1 is 0.750 bits per heavy atom. The van der Waals surface area contributed by atoms with Crippen LogP contribution in [0, 0.1) is 5.92 Å². The van der Waals surface area contributed by atoms with E-state index in [1.165, 1.54) is 17.1 Å². The van der Waals surface area contributed by atoms with E-state index in [9.17, 15) is 0 Å². The van der Waals surface area contributed by atoms with Crippen molar-refractivity contribution in [2.45, 2.75) is 26.7 Å². The van der Waals surface area contributed by atoms with E-state index < -0.39 is 0 Å². The molecule has 1 saturated heterocycles. The van der Waals surface area contributed by atoms with Gasteiger partial charge in [-0.2, -0.15) is 0 Å². The number of aromatic amines is 1. The summed E-state index contributed by atoms with van der Waals surface area (Å²) in [6.45, 7) is 9.99. The first-order valence-electron chi connectivity index (χ1n) is 14.2. The molecular weight excluding hydrogens is 498 g/mol. The summed E-state index contributed by atoms with van der Waals surface area (Å²) in [6, 6.07) is 17.2. The van der Waals surface area contributed by atoms with E-state index >= 15 is 0 Å². The highest BCUT2D eigenvalue weighted by atomic mass is 15.3. The van der Waals surface area contributed by atoms with E-state index in [4.69, 9.17) is 0 Å². The quantitative estimate of drug-likeness (QED) is 0.220. The number of fused-ring (bicyclic) bond motifs is 2. The third-order valence-electron chi connectivity index (χ3n) is 7.61. The van der Waals surface area contributed by atoms with E-state index in [1.54, 1.807) is 12.7 Å². The maximum atomic E-state index is 4.57. The van der Waals surface area contributed by atoms with Crippen molar-refractivity contribution in [2.75, 3.05) is 59.7 Å². The number of piperazine rings is 1. The number of benzene rings is 2. The van der Waals surface area contributed by atoms with Gasteiger partial charge in [-0.05, 0) is 60.9 Å². The molecule has 0 aliphatic carbocycles. The smallest absolute Gasteiger partial charge is 0.137 e. The summed E-state index contributed by atoms with van der Waals surface area (Å²) in [5, 5.41) is 9.09. The van der Waals surface area contributed by atoms with Crippen LogP contribution in [0.5, 0.6) is 0 Å². The Morgan fingerprint density at radius 2 is 1.32 bits per heavy atom. The molecule has 0 saturated carbocycles. The molecule has 0 bridgehead atoms. The summed E-state index contributed by atoms with van der Waals surface area (Å²) in [5.41, 5.74) is 5.56. The van der Waals surface area contributed by atoms with Gasteiger partial charge in [0.1, 0.15) is 24.3 Å². The van der Waals surface area contributed by atoms with E-state index in [-0.39, 0.29) is 0 Å². The second kappa shape index (κ2) is 11.8. The van der Waals surface area contributed by atoms with Crippen LogP contribution in [0.15, 0.2) is 67.4 Å². The van der Waals surface area contributed by atoms with Crippen LogP contribution in [0.25, 0.3) is 21.8 Å². The lowest BCUT2D eigenvalue weighted by molar-refractivity contribution is 0.607. The van der Waals surface area contributed by atoms with E-state index in [0.717, 1.165) is 85.6 Å². The predicted octanol–water partition coefficient (Wildman–Crippen LogP) is 5.34. The third kappa shape index (κ3) is 5.78. The summed E-state index contributed by atoms with van der Waals surface area (Å²) in [4.78, 5) is 26.2. The topological polar surface area (TPSA) is 97.9 Å². The molecule has 9 heteroatoms. The van der Waals surface area contributed by atoms with Gasteiger partial charge >= 0.3 is 0 Å². The van der Waals surface area contributed by atoms with Gasteiger partial charge in [0.05, 0.1) is 11.0 Å². The highest BCUT2D eigenvalue weighted by molar-refractivity contribution is 5.92. The van der Waals surface area contributed by atoms with Crippen LogP contribution in [0.4, 0.5) is 23.0 Å². The van der Waals surface area contributed by atoms with Crippen molar-refractivity contribution < 1.29 is 0 Å². The van der Waals surface area contributed by atoms with Gasteiger partial charge in [0.25, 0.3) is 0 Å². The summed E-state index contributed by atoms with van der Waals surface area (Å²) in [5.74, 6) is 2.46. The highest BCUT2D eigenvalue weighted by Crippen LogP contribution is 2.28. The molecule has 6 rings (SSSR count). The lowest BCUT2D eigenvalue weighted by Crippen LogP contribution is -2.46. The van der Waals surface area contributed by atoms with Gasteiger partial charge in [0.2, 0.25) is 0 Å². The molecule has 206 valence electrons. The second-order valence-corrected chi connectivity index (χ2v) is 10.8. The fourth-order valence-corrected chi connectivity index (χ4v) is 5.31. The molecule has 4 heterocycles. The second-order valence-electron chi connectivity index (χ2n) is 10.8. The lowest BCUT2D eigenvalue weighted by Gasteiger charge is -2.37. The SMILES string of the molecule is CC(C)CCNc1ncnc2cc(N3CCN(c4ccc5c(NCCc6ccc[nH]6)ncnc5c4)CC3)ccc12. The van der Waals surface area contributed by atoms with Crippen molar-refractivity contribution in [3.63, 3.8) is 0 Å². The molecule has 1 aliphatic heterocycles. The highest BCUT2D eigenvalue weighted by Gasteiger charge is 2.19. The molecule has 0 unspecified atom stereocenters. The molecule has 0 atom stereocenters. The lowest BCUT2D eigenvalue weighted by atomic mass is 10.1. The zero-order chi connectivity index (χ0) is 27.3. The standard InChI is InChI=1S/C31H37N9/c1-22(2)9-12-33-30-26-7-5-24(18-28(26)35-20-37-30)39-14-16-40(17-15-39)25-6-8-27-29(19-25)36-21-38-31(27)34-13-10-23-4-3-11-32-23/h3-8,11,18-22,32H,9-10,12-17H2,1-2H3,(H,33,35,37)(H,34,36,38). The Balaban J connectivity index is 1.09. The number of nitrogens with one attached hydrogen (secondary N) is 3. The van der Waals surface area contributed by atoms with Crippen LogP contribution in [0.1, 0.15) is 26.0 Å². The number of nitrogens with zero attached hydrogens (tertiary/aromatic N) is 6. The maximum Gasteiger partial charge on any atom is 0.137 e. The van der Waals surface area contributed by atoms with Crippen LogP contribution in [0.3, 0.4) is 0 Å². The molecule has 0 radical (unpaired) electrons. The minimum atomic E-state index is 0.661. The van der Waals surface area contributed by atoms with Gasteiger partial charge < -0.3 is 25.4 Å². The van der Waals surface area contributed by atoms with Crippen molar-refractivity contribution in [2.24, 2.45) is 5.92 Å². The summed E-state index contributed by atoms with van der Waals surface area (Å²) >= 11 is 0. The van der Waals surface area contributed by atoms with Crippen LogP contribution < -0.4 is 20.4 Å². The Bertz CT molecular complexity index is 1560. The third-order valence-corrected chi connectivity index (χ3v) is 7.61. The summed E-state index contributed by atoms with van der Waals surface area (Å²) in [7, 11) is 0.